The van der Waals surface area contributed by atoms with E-state index < -0.39 is 21.7 Å². The first kappa shape index (κ1) is 12.4. The molecule has 0 unspecified atom stereocenters. The monoisotopic (exact) mass is 266 g/mol. The molecule has 0 radical (unpaired) electrons. The lowest BCUT2D eigenvalue weighted by Crippen LogP contribution is -2.13. The molecule has 0 spiro atoms. The first-order chi connectivity index (χ1) is 8.49. The summed E-state index contributed by atoms with van der Waals surface area (Å²) in [6, 6.07) is 7.62. The molecule has 0 aromatic heterocycles. The minimum atomic E-state index is -3.93. The standard InChI is InChI=1S/C12H10O5S/c13-11-7-6-9(8-12(11)14)17-18(15,16)10-4-2-1-3-5-10/h1-7,13H,8H2. The molecule has 0 saturated heterocycles. The molecule has 1 N–H and O–H groups in total. The number of rotatable bonds is 3. The van der Waals surface area contributed by atoms with E-state index in [1.807, 2.05) is 0 Å². The molecule has 1 aliphatic rings. The van der Waals surface area contributed by atoms with Gasteiger partial charge in [0, 0.05) is 0 Å². The van der Waals surface area contributed by atoms with Crippen LogP contribution in [0.4, 0.5) is 0 Å². The van der Waals surface area contributed by atoms with Crippen LogP contribution in [0.25, 0.3) is 0 Å². The predicted octanol–water partition coefficient (Wildman–Crippen LogP) is 1.69. The van der Waals surface area contributed by atoms with Crippen LogP contribution in [0, 0.1) is 0 Å². The van der Waals surface area contributed by atoms with Crippen molar-refractivity contribution in [1.82, 2.24) is 0 Å². The second-order valence-electron chi connectivity index (χ2n) is 3.64. The maximum absolute atomic E-state index is 11.8. The highest BCUT2D eigenvalue weighted by molar-refractivity contribution is 7.86. The van der Waals surface area contributed by atoms with Gasteiger partial charge in [-0.1, -0.05) is 18.2 Å². The van der Waals surface area contributed by atoms with Crippen LogP contribution in [0.5, 0.6) is 0 Å². The van der Waals surface area contributed by atoms with Gasteiger partial charge in [-0.25, -0.2) is 0 Å². The summed E-state index contributed by atoms with van der Waals surface area (Å²) in [6.07, 6.45) is 2.10. The number of hydrogen-bond donors (Lipinski definition) is 1. The summed E-state index contributed by atoms with van der Waals surface area (Å²) in [4.78, 5) is 11.2. The van der Waals surface area contributed by atoms with Gasteiger partial charge in [-0.05, 0) is 24.3 Å². The van der Waals surface area contributed by atoms with Crippen molar-refractivity contribution < 1.29 is 22.5 Å². The third-order valence-corrected chi connectivity index (χ3v) is 3.58. The summed E-state index contributed by atoms with van der Waals surface area (Å²) in [5, 5.41) is 9.07. The van der Waals surface area contributed by atoms with Crippen molar-refractivity contribution in [3.63, 3.8) is 0 Å². The van der Waals surface area contributed by atoms with E-state index in [2.05, 4.69) is 0 Å². The summed E-state index contributed by atoms with van der Waals surface area (Å²) in [5.41, 5.74) is 0. The lowest BCUT2D eigenvalue weighted by Gasteiger charge is -2.12. The summed E-state index contributed by atoms with van der Waals surface area (Å²) < 4.78 is 28.5. The molecule has 5 nitrogen and oxygen atoms in total. The van der Waals surface area contributed by atoms with Gasteiger partial charge in [0.25, 0.3) is 0 Å². The molecule has 2 rings (SSSR count). The van der Waals surface area contributed by atoms with E-state index in [1.165, 1.54) is 18.2 Å². The second kappa shape index (κ2) is 4.66. The van der Waals surface area contributed by atoms with Gasteiger partial charge in [-0.15, -0.1) is 0 Å². The molecule has 0 saturated carbocycles. The summed E-state index contributed by atoms with van der Waals surface area (Å²) in [6.45, 7) is 0. The van der Waals surface area contributed by atoms with Gasteiger partial charge in [-0.2, -0.15) is 8.42 Å². The van der Waals surface area contributed by atoms with E-state index in [0.29, 0.717) is 0 Å². The molecular formula is C12H10O5S. The smallest absolute Gasteiger partial charge is 0.338 e. The van der Waals surface area contributed by atoms with Crippen molar-refractivity contribution in [3.8, 4) is 0 Å². The van der Waals surface area contributed by atoms with Crippen LogP contribution < -0.4 is 0 Å². The fourth-order valence-corrected chi connectivity index (χ4v) is 2.39. The van der Waals surface area contributed by atoms with E-state index in [0.717, 1.165) is 6.08 Å². The molecular weight excluding hydrogens is 256 g/mol. The van der Waals surface area contributed by atoms with Crippen molar-refractivity contribution in [3.05, 3.63) is 54.0 Å². The average molecular weight is 266 g/mol. The number of ketones is 1. The van der Waals surface area contributed by atoms with E-state index in [9.17, 15) is 13.2 Å². The van der Waals surface area contributed by atoms with Crippen LogP contribution in [0.1, 0.15) is 6.42 Å². The molecule has 0 heterocycles. The average Bonchev–Trinajstić information content (AvgIpc) is 2.35. The Morgan fingerprint density at radius 1 is 1.11 bits per heavy atom. The molecule has 0 amide bonds. The van der Waals surface area contributed by atoms with Crippen molar-refractivity contribution in [2.45, 2.75) is 11.3 Å². The second-order valence-corrected chi connectivity index (χ2v) is 5.18. The number of carbonyl (C=O) groups excluding carboxylic acids is 1. The number of benzene rings is 1. The zero-order chi connectivity index (χ0) is 13.2. The van der Waals surface area contributed by atoms with Crippen molar-refractivity contribution in [1.29, 1.82) is 0 Å². The normalized spacial score (nSPS) is 15.9. The minimum Gasteiger partial charge on any atom is -0.504 e. The summed E-state index contributed by atoms with van der Waals surface area (Å²) in [7, 11) is -3.93. The van der Waals surface area contributed by atoms with Crippen molar-refractivity contribution >= 4 is 15.9 Å². The first-order valence-electron chi connectivity index (χ1n) is 5.11. The first-order valence-corrected chi connectivity index (χ1v) is 6.52. The van der Waals surface area contributed by atoms with Gasteiger partial charge in [0.15, 0.2) is 5.76 Å². The maximum Gasteiger partial charge on any atom is 0.338 e. The lowest BCUT2D eigenvalue weighted by molar-refractivity contribution is -0.117. The zero-order valence-electron chi connectivity index (χ0n) is 9.24. The Hall–Kier alpha value is -2.08. The molecule has 0 bridgehead atoms. The predicted molar refractivity (Wildman–Crippen MR) is 63.1 cm³/mol. The molecule has 0 aliphatic heterocycles. The largest absolute Gasteiger partial charge is 0.504 e. The topological polar surface area (TPSA) is 80.7 Å². The quantitative estimate of drug-likeness (QED) is 0.842. The highest BCUT2D eigenvalue weighted by atomic mass is 32.2. The van der Waals surface area contributed by atoms with Gasteiger partial charge in [0.05, 0.1) is 6.42 Å². The number of aliphatic hydroxyl groups excluding tert-OH is 1. The van der Waals surface area contributed by atoms with Gasteiger partial charge in [0.1, 0.15) is 10.7 Å². The fraction of sp³-hybridized carbons (Fsp3) is 0.0833. The van der Waals surface area contributed by atoms with E-state index in [1.54, 1.807) is 18.2 Å². The molecule has 94 valence electrons. The highest BCUT2D eigenvalue weighted by Gasteiger charge is 2.22. The molecule has 18 heavy (non-hydrogen) atoms. The van der Waals surface area contributed by atoms with Gasteiger partial charge >= 0.3 is 10.1 Å². The van der Waals surface area contributed by atoms with Crippen LogP contribution in [-0.2, 0) is 19.1 Å². The van der Waals surface area contributed by atoms with Crippen LogP contribution >= 0.6 is 0 Å². The van der Waals surface area contributed by atoms with Crippen LogP contribution in [-0.4, -0.2) is 19.3 Å². The van der Waals surface area contributed by atoms with E-state index in [-0.39, 0.29) is 17.1 Å². The third-order valence-electron chi connectivity index (χ3n) is 2.30. The Morgan fingerprint density at radius 2 is 1.78 bits per heavy atom. The maximum atomic E-state index is 11.8. The van der Waals surface area contributed by atoms with E-state index in [4.69, 9.17) is 9.29 Å². The lowest BCUT2D eigenvalue weighted by atomic mass is 10.1. The Balaban J connectivity index is 2.23. The molecule has 1 aromatic carbocycles. The van der Waals surface area contributed by atoms with Crippen LogP contribution in [0.15, 0.2) is 58.9 Å². The number of allylic oxidation sites excluding steroid dienone is 4. The molecule has 0 atom stereocenters. The fourth-order valence-electron chi connectivity index (χ4n) is 1.41. The molecule has 1 aliphatic carbocycles. The summed E-state index contributed by atoms with van der Waals surface area (Å²) in [5.74, 6) is -0.989. The third kappa shape index (κ3) is 2.60. The molecule has 1 aromatic rings. The van der Waals surface area contributed by atoms with Gasteiger partial charge in [-0.3, -0.25) is 4.79 Å². The Morgan fingerprint density at radius 3 is 2.39 bits per heavy atom. The van der Waals surface area contributed by atoms with Gasteiger partial charge < -0.3 is 9.29 Å². The number of carbonyl (C=O) groups is 1. The Bertz CT molecular complexity index is 626. The summed E-state index contributed by atoms with van der Waals surface area (Å²) >= 11 is 0. The van der Waals surface area contributed by atoms with Crippen molar-refractivity contribution in [2.75, 3.05) is 0 Å². The van der Waals surface area contributed by atoms with Crippen LogP contribution in [0.2, 0.25) is 0 Å². The number of aliphatic hydroxyl groups is 1. The van der Waals surface area contributed by atoms with Crippen molar-refractivity contribution in [2.24, 2.45) is 0 Å². The zero-order valence-corrected chi connectivity index (χ0v) is 10.1. The minimum absolute atomic E-state index is 0.0112. The van der Waals surface area contributed by atoms with E-state index >= 15 is 0 Å². The van der Waals surface area contributed by atoms with Gasteiger partial charge in [0.2, 0.25) is 5.78 Å². The Labute approximate surface area is 104 Å². The number of hydrogen-bond acceptors (Lipinski definition) is 5. The molecule has 0 fully saturated rings. The molecule has 6 heteroatoms. The Kier molecular flexibility index (Phi) is 3.20. The van der Waals surface area contributed by atoms with Crippen LogP contribution in [0.3, 0.4) is 0 Å². The number of Topliss-reactive ketones (excluding diaryl/α,β-unsaturated/α-hetero) is 1. The SMILES string of the molecule is O=C1CC(OS(=O)(=O)c2ccccc2)=CC=C1O. The highest BCUT2D eigenvalue weighted by Crippen LogP contribution is 2.21.